The molecule has 7 heteroatoms. The molecule has 2 aliphatic heterocycles. The summed E-state index contributed by atoms with van der Waals surface area (Å²) in [6.45, 7) is 10.2. The highest BCUT2D eigenvalue weighted by atomic mass is 32.1. The number of fused-ring (bicyclic) bond motifs is 1. The Morgan fingerprint density at radius 3 is 2.41 bits per heavy atom. The van der Waals surface area contributed by atoms with Gasteiger partial charge in [-0.15, -0.1) is 0 Å². The van der Waals surface area contributed by atoms with Gasteiger partial charge < -0.3 is 19.4 Å². The van der Waals surface area contributed by atoms with Crippen molar-refractivity contribution in [3.8, 4) is 10.9 Å². The van der Waals surface area contributed by atoms with Gasteiger partial charge in [0.2, 0.25) is 5.91 Å². The van der Waals surface area contributed by atoms with E-state index in [0.717, 1.165) is 87.6 Å². The van der Waals surface area contributed by atoms with E-state index in [4.69, 9.17) is 4.74 Å². The van der Waals surface area contributed by atoms with Crippen molar-refractivity contribution >= 4 is 27.5 Å². The van der Waals surface area contributed by atoms with Crippen molar-refractivity contribution in [1.29, 1.82) is 0 Å². The summed E-state index contributed by atoms with van der Waals surface area (Å²) in [6.07, 6.45) is 2.99. The molecular formula is C27H34N4O2S. The van der Waals surface area contributed by atoms with Crippen LogP contribution in [0.3, 0.4) is 0 Å². The fraction of sp³-hybridized carbons (Fsp3) is 0.481. The zero-order valence-corrected chi connectivity index (χ0v) is 20.8. The predicted molar refractivity (Wildman–Crippen MR) is 138 cm³/mol. The Morgan fingerprint density at radius 2 is 1.71 bits per heavy atom. The van der Waals surface area contributed by atoms with Crippen molar-refractivity contribution in [2.24, 2.45) is 5.92 Å². The number of likely N-dealkylation sites (N-methyl/N-ethyl adjacent to an activating group) is 1. The number of hydrogen-bond donors (Lipinski definition) is 0. The standard InChI is InChI=1S/C27H34N4O2S/c1-2-29-17-19-31(20-18-29)26(32)22-12-15-30(16-13-22)14-11-21-7-9-23(10-8-21)33-27-28-24-5-3-4-6-25(24)34-27/h3-10,22H,2,11-20H2,1H3. The molecule has 0 unspecified atom stereocenters. The zero-order chi connectivity index (χ0) is 23.3. The second kappa shape index (κ2) is 10.8. The van der Waals surface area contributed by atoms with E-state index in [9.17, 15) is 4.79 Å². The molecule has 0 aliphatic carbocycles. The molecular weight excluding hydrogens is 444 g/mol. The molecule has 3 heterocycles. The van der Waals surface area contributed by atoms with E-state index in [0.29, 0.717) is 11.1 Å². The number of benzene rings is 2. The highest BCUT2D eigenvalue weighted by molar-refractivity contribution is 7.20. The third-order valence-corrected chi connectivity index (χ3v) is 8.10. The minimum Gasteiger partial charge on any atom is -0.431 e. The second-order valence-electron chi connectivity index (χ2n) is 9.32. The van der Waals surface area contributed by atoms with Gasteiger partial charge in [0.1, 0.15) is 5.75 Å². The van der Waals surface area contributed by atoms with Crippen LogP contribution >= 0.6 is 11.3 Å². The van der Waals surface area contributed by atoms with Crippen LogP contribution in [0.5, 0.6) is 10.9 Å². The number of hydrogen-bond acceptors (Lipinski definition) is 6. The van der Waals surface area contributed by atoms with Crippen LogP contribution in [0.1, 0.15) is 25.3 Å². The number of likely N-dealkylation sites (tertiary alicyclic amines) is 1. The van der Waals surface area contributed by atoms with Crippen molar-refractivity contribution in [2.75, 3.05) is 52.4 Å². The summed E-state index contributed by atoms with van der Waals surface area (Å²) in [7, 11) is 0. The fourth-order valence-corrected chi connectivity index (χ4v) is 5.79. The first-order chi connectivity index (χ1) is 16.7. The maximum atomic E-state index is 12.9. The molecule has 0 bridgehead atoms. The number of piperazine rings is 1. The Hall–Kier alpha value is -2.48. The molecule has 0 saturated carbocycles. The number of para-hydroxylation sites is 1. The number of carbonyl (C=O) groups is 1. The lowest BCUT2D eigenvalue weighted by Crippen LogP contribution is -2.51. The summed E-state index contributed by atoms with van der Waals surface area (Å²) < 4.78 is 7.11. The van der Waals surface area contributed by atoms with Crippen LogP contribution in [-0.4, -0.2) is 77.9 Å². The molecule has 1 aromatic heterocycles. The molecule has 6 nitrogen and oxygen atoms in total. The SMILES string of the molecule is CCN1CCN(C(=O)C2CCN(CCc3ccc(Oc4nc5ccccc5s4)cc3)CC2)CC1. The Kier molecular flexibility index (Phi) is 7.42. The predicted octanol–water partition coefficient (Wildman–Crippen LogP) is 4.51. The van der Waals surface area contributed by atoms with Gasteiger partial charge in [0.25, 0.3) is 5.19 Å². The van der Waals surface area contributed by atoms with Crippen LogP contribution < -0.4 is 4.74 Å². The second-order valence-corrected chi connectivity index (χ2v) is 10.3. The summed E-state index contributed by atoms with van der Waals surface area (Å²) >= 11 is 1.57. The summed E-state index contributed by atoms with van der Waals surface area (Å²) in [5.41, 5.74) is 2.28. The van der Waals surface area contributed by atoms with Crippen LogP contribution in [-0.2, 0) is 11.2 Å². The zero-order valence-electron chi connectivity index (χ0n) is 20.0. The van der Waals surface area contributed by atoms with Crippen LogP contribution in [0.25, 0.3) is 10.2 Å². The molecule has 34 heavy (non-hydrogen) atoms. The number of aromatic nitrogens is 1. The molecule has 180 valence electrons. The topological polar surface area (TPSA) is 48.9 Å². The summed E-state index contributed by atoms with van der Waals surface area (Å²) in [4.78, 5) is 24.5. The van der Waals surface area contributed by atoms with E-state index in [1.807, 2.05) is 30.3 Å². The third kappa shape index (κ3) is 5.59. The molecule has 2 fully saturated rings. The maximum absolute atomic E-state index is 12.9. The molecule has 5 rings (SSSR count). The number of carbonyl (C=O) groups excluding carboxylic acids is 1. The summed E-state index contributed by atoms with van der Waals surface area (Å²) in [5, 5.41) is 0.679. The van der Waals surface area contributed by atoms with E-state index in [1.165, 1.54) is 5.56 Å². The Bertz CT molecular complexity index is 1050. The van der Waals surface area contributed by atoms with Crippen LogP contribution in [0.4, 0.5) is 0 Å². The number of amides is 1. The first-order valence-corrected chi connectivity index (χ1v) is 13.4. The highest BCUT2D eigenvalue weighted by Gasteiger charge is 2.30. The van der Waals surface area contributed by atoms with Gasteiger partial charge in [-0.2, -0.15) is 0 Å². The van der Waals surface area contributed by atoms with Crippen LogP contribution in [0.15, 0.2) is 48.5 Å². The van der Waals surface area contributed by atoms with Crippen molar-refractivity contribution in [3.05, 3.63) is 54.1 Å². The first kappa shape index (κ1) is 23.3. The lowest BCUT2D eigenvalue weighted by molar-refractivity contribution is -0.138. The average Bonchev–Trinajstić information content (AvgIpc) is 3.30. The Balaban J connectivity index is 1.05. The lowest BCUT2D eigenvalue weighted by atomic mass is 9.94. The van der Waals surface area contributed by atoms with Crippen molar-refractivity contribution < 1.29 is 9.53 Å². The number of nitrogens with zero attached hydrogens (tertiary/aromatic N) is 4. The van der Waals surface area contributed by atoms with E-state index < -0.39 is 0 Å². The largest absolute Gasteiger partial charge is 0.431 e. The minimum atomic E-state index is 0.211. The normalized spacial score (nSPS) is 18.4. The fourth-order valence-electron chi connectivity index (χ4n) is 4.95. The molecule has 1 amide bonds. The van der Waals surface area contributed by atoms with Gasteiger partial charge in [-0.05, 0) is 68.7 Å². The molecule has 2 aliphatic rings. The summed E-state index contributed by atoms with van der Waals surface area (Å²) in [6, 6.07) is 16.5. The van der Waals surface area contributed by atoms with E-state index in [2.05, 4.69) is 44.8 Å². The van der Waals surface area contributed by atoms with E-state index in [1.54, 1.807) is 11.3 Å². The van der Waals surface area contributed by atoms with E-state index in [-0.39, 0.29) is 5.92 Å². The van der Waals surface area contributed by atoms with Gasteiger partial charge in [0.05, 0.1) is 10.2 Å². The molecule has 2 aromatic carbocycles. The minimum absolute atomic E-state index is 0.211. The van der Waals surface area contributed by atoms with Crippen LogP contribution in [0, 0.1) is 5.92 Å². The Morgan fingerprint density at radius 1 is 0.971 bits per heavy atom. The van der Waals surface area contributed by atoms with Gasteiger partial charge in [0, 0.05) is 38.6 Å². The molecule has 3 aromatic rings. The van der Waals surface area contributed by atoms with Gasteiger partial charge in [-0.25, -0.2) is 4.98 Å². The molecule has 2 saturated heterocycles. The number of rotatable bonds is 7. The van der Waals surface area contributed by atoms with Gasteiger partial charge in [0.15, 0.2) is 0 Å². The average molecular weight is 479 g/mol. The Labute approximate surface area is 206 Å². The number of piperidine rings is 1. The van der Waals surface area contributed by atoms with Crippen molar-refractivity contribution in [1.82, 2.24) is 19.7 Å². The highest BCUT2D eigenvalue weighted by Crippen LogP contribution is 2.31. The third-order valence-electron chi connectivity index (χ3n) is 7.19. The van der Waals surface area contributed by atoms with Gasteiger partial charge in [-0.3, -0.25) is 4.79 Å². The first-order valence-electron chi connectivity index (χ1n) is 12.5. The summed E-state index contributed by atoms with van der Waals surface area (Å²) in [5.74, 6) is 1.42. The molecule has 0 N–H and O–H groups in total. The smallest absolute Gasteiger partial charge is 0.279 e. The number of thiazole rings is 1. The molecule has 0 spiro atoms. The number of ether oxygens (including phenoxy) is 1. The van der Waals surface area contributed by atoms with E-state index >= 15 is 0 Å². The monoisotopic (exact) mass is 478 g/mol. The van der Waals surface area contributed by atoms with Crippen LogP contribution in [0.2, 0.25) is 0 Å². The molecule has 0 radical (unpaired) electrons. The lowest BCUT2D eigenvalue weighted by Gasteiger charge is -2.38. The molecule has 0 atom stereocenters. The van der Waals surface area contributed by atoms with Crippen molar-refractivity contribution in [3.63, 3.8) is 0 Å². The maximum Gasteiger partial charge on any atom is 0.279 e. The van der Waals surface area contributed by atoms with Gasteiger partial charge >= 0.3 is 0 Å². The quantitative estimate of drug-likeness (QED) is 0.500. The van der Waals surface area contributed by atoms with Gasteiger partial charge in [-0.1, -0.05) is 42.5 Å². The van der Waals surface area contributed by atoms with Crippen molar-refractivity contribution in [2.45, 2.75) is 26.2 Å².